The van der Waals surface area contributed by atoms with Crippen LogP contribution < -0.4 is 11.1 Å². The second-order valence-corrected chi connectivity index (χ2v) is 2.97. The molecular formula is C9H13N3O2. The van der Waals surface area contributed by atoms with Crippen molar-refractivity contribution in [1.82, 2.24) is 4.98 Å². The lowest BCUT2D eigenvalue weighted by Gasteiger charge is -2.13. The highest BCUT2D eigenvalue weighted by molar-refractivity contribution is 5.94. The number of nitrogens with two attached hydrogens (primary N) is 1. The first-order valence-electron chi connectivity index (χ1n) is 4.27. The zero-order valence-electron chi connectivity index (χ0n) is 7.84. The smallest absolute Gasteiger partial charge is 0.245 e. The van der Waals surface area contributed by atoms with Crippen LogP contribution in [0.1, 0.15) is 6.92 Å². The highest BCUT2D eigenvalue weighted by atomic mass is 16.3. The molecule has 0 saturated carbocycles. The molecule has 14 heavy (non-hydrogen) atoms. The van der Waals surface area contributed by atoms with Crippen LogP contribution in [0, 0.1) is 0 Å². The molecule has 5 heteroatoms. The molecule has 76 valence electrons. The molecular weight excluding hydrogens is 182 g/mol. The van der Waals surface area contributed by atoms with Gasteiger partial charge in [-0.1, -0.05) is 6.07 Å². The summed E-state index contributed by atoms with van der Waals surface area (Å²) in [6, 6.07) is 4.20. The normalized spacial score (nSPS) is 14.5. The van der Waals surface area contributed by atoms with E-state index in [0.717, 1.165) is 0 Å². The minimum absolute atomic E-state index is 0.425. The van der Waals surface area contributed by atoms with E-state index in [4.69, 9.17) is 10.8 Å². The molecule has 1 heterocycles. The van der Waals surface area contributed by atoms with Gasteiger partial charge < -0.3 is 16.2 Å². The van der Waals surface area contributed by atoms with Gasteiger partial charge in [-0.05, 0) is 19.1 Å². The van der Waals surface area contributed by atoms with Crippen molar-refractivity contribution in [3.05, 3.63) is 24.4 Å². The predicted octanol–water partition coefficient (Wildman–Crippen LogP) is -0.272. The lowest BCUT2D eigenvalue weighted by Crippen LogP contribution is -2.43. The first-order chi connectivity index (χ1) is 6.61. The molecule has 0 spiro atoms. The van der Waals surface area contributed by atoms with Crippen molar-refractivity contribution in [3.63, 3.8) is 0 Å². The van der Waals surface area contributed by atoms with Gasteiger partial charge >= 0.3 is 0 Å². The maximum absolute atomic E-state index is 11.3. The summed E-state index contributed by atoms with van der Waals surface area (Å²) < 4.78 is 0. The van der Waals surface area contributed by atoms with Crippen LogP contribution in [0.2, 0.25) is 0 Å². The molecule has 0 aliphatic carbocycles. The molecule has 0 radical (unpaired) electrons. The molecule has 0 aliphatic rings. The number of amides is 1. The van der Waals surface area contributed by atoms with Crippen LogP contribution in [0.3, 0.4) is 0 Å². The van der Waals surface area contributed by atoms with E-state index >= 15 is 0 Å². The second kappa shape index (κ2) is 4.69. The summed E-state index contributed by atoms with van der Waals surface area (Å²) in [4.78, 5) is 15.2. The van der Waals surface area contributed by atoms with Crippen LogP contribution in [0.4, 0.5) is 5.82 Å². The number of aromatic nitrogens is 1. The number of aliphatic hydroxyl groups is 1. The monoisotopic (exact) mass is 195 g/mol. The third-order valence-electron chi connectivity index (χ3n) is 1.74. The fourth-order valence-electron chi connectivity index (χ4n) is 0.865. The molecule has 1 aromatic heterocycles. The quantitative estimate of drug-likeness (QED) is 0.619. The van der Waals surface area contributed by atoms with E-state index in [1.54, 1.807) is 24.4 Å². The SMILES string of the molecule is C[C@@H](O)[C@H](N)C(=O)Nc1ccccn1. The summed E-state index contributed by atoms with van der Waals surface area (Å²) in [5, 5.41) is 11.6. The molecule has 0 bridgehead atoms. The Morgan fingerprint density at radius 3 is 2.86 bits per heavy atom. The molecule has 0 saturated heterocycles. The minimum atomic E-state index is -0.933. The maximum Gasteiger partial charge on any atom is 0.245 e. The van der Waals surface area contributed by atoms with Crippen LogP contribution in [0.5, 0.6) is 0 Å². The van der Waals surface area contributed by atoms with Gasteiger partial charge in [0.25, 0.3) is 0 Å². The van der Waals surface area contributed by atoms with Crippen molar-refractivity contribution in [2.75, 3.05) is 5.32 Å². The van der Waals surface area contributed by atoms with E-state index in [9.17, 15) is 4.79 Å². The largest absolute Gasteiger partial charge is 0.391 e. The molecule has 0 aromatic carbocycles. The Morgan fingerprint density at radius 2 is 2.36 bits per heavy atom. The number of hydrogen-bond acceptors (Lipinski definition) is 4. The predicted molar refractivity (Wildman–Crippen MR) is 52.5 cm³/mol. The van der Waals surface area contributed by atoms with Gasteiger partial charge in [-0.25, -0.2) is 4.98 Å². The average Bonchev–Trinajstić information content (AvgIpc) is 2.18. The van der Waals surface area contributed by atoms with Crippen molar-refractivity contribution in [2.45, 2.75) is 19.1 Å². The Morgan fingerprint density at radius 1 is 1.64 bits per heavy atom. The molecule has 2 atom stereocenters. The van der Waals surface area contributed by atoms with Crippen molar-refractivity contribution in [2.24, 2.45) is 5.73 Å². The third-order valence-corrected chi connectivity index (χ3v) is 1.74. The van der Waals surface area contributed by atoms with E-state index in [-0.39, 0.29) is 0 Å². The summed E-state index contributed by atoms with van der Waals surface area (Å²) in [7, 11) is 0. The molecule has 0 aliphatic heterocycles. The van der Waals surface area contributed by atoms with Crippen molar-refractivity contribution < 1.29 is 9.90 Å². The number of carbonyl (C=O) groups is 1. The van der Waals surface area contributed by atoms with Gasteiger partial charge in [0, 0.05) is 6.20 Å². The fourth-order valence-corrected chi connectivity index (χ4v) is 0.865. The number of aliphatic hydroxyl groups excluding tert-OH is 1. The third kappa shape index (κ3) is 2.79. The Hall–Kier alpha value is -1.46. The standard InChI is InChI=1S/C9H13N3O2/c1-6(13)8(10)9(14)12-7-4-2-3-5-11-7/h2-6,8,13H,10H2,1H3,(H,11,12,14)/t6-,8+/m1/s1. The Labute approximate surface area is 82.0 Å². The van der Waals surface area contributed by atoms with Crippen LogP contribution in [0.15, 0.2) is 24.4 Å². The number of carbonyl (C=O) groups excluding carboxylic acids is 1. The molecule has 5 nitrogen and oxygen atoms in total. The zero-order chi connectivity index (χ0) is 10.6. The van der Waals surface area contributed by atoms with Crippen LogP contribution in [-0.4, -0.2) is 28.1 Å². The molecule has 4 N–H and O–H groups in total. The van der Waals surface area contributed by atoms with E-state index in [1.165, 1.54) is 6.92 Å². The lowest BCUT2D eigenvalue weighted by atomic mass is 10.2. The first kappa shape index (κ1) is 10.6. The van der Waals surface area contributed by atoms with E-state index in [1.807, 2.05) is 0 Å². The Kier molecular flexibility index (Phi) is 3.55. The van der Waals surface area contributed by atoms with E-state index in [2.05, 4.69) is 10.3 Å². The van der Waals surface area contributed by atoms with Gasteiger partial charge in [0.1, 0.15) is 11.9 Å². The van der Waals surface area contributed by atoms with Crippen LogP contribution in [-0.2, 0) is 4.79 Å². The number of rotatable bonds is 3. The van der Waals surface area contributed by atoms with Crippen LogP contribution >= 0.6 is 0 Å². The van der Waals surface area contributed by atoms with Gasteiger partial charge in [-0.3, -0.25) is 4.79 Å². The maximum atomic E-state index is 11.3. The Balaban J connectivity index is 2.58. The molecule has 0 unspecified atom stereocenters. The van der Waals surface area contributed by atoms with Gasteiger partial charge in [0.2, 0.25) is 5.91 Å². The van der Waals surface area contributed by atoms with Crippen molar-refractivity contribution in [3.8, 4) is 0 Å². The minimum Gasteiger partial charge on any atom is -0.391 e. The van der Waals surface area contributed by atoms with Gasteiger partial charge in [-0.15, -0.1) is 0 Å². The number of hydrogen-bond donors (Lipinski definition) is 3. The van der Waals surface area contributed by atoms with Gasteiger partial charge in [0.15, 0.2) is 0 Å². The van der Waals surface area contributed by atoms with Gasteiger partial charge in [-0.2, -0.15) is 0 Å². The van der Waals surface area contributed by atoms with E-state index < -0.39 is 18.1 Å². The molecule has 1 rings (SSSR count). The van der Waals surface area contributed by atoms with Gasteiger partial charge in [0.05, 0.1) is 6.10 Å². The summed E-state index contributed by atoms with van der Waals surface area (Å²) in [6.07, 6.45) is 0.683. The fraction of sp³-hybridized carbons (Fsp3) is 0.333. The number of nitrogens with one attached hydrogen (secondary N) is 1. The summed E-state index contributed by atoms with van der Waals surface area (Å²) in [6.45, 7) is 1.46. The number of nitrogens with zero attached hydrogens (tertiary/aromatic N) is 1. The summed E-state index contributed by atoms with van der Waals surface area (Å²) in [5.41, 5.74) is 5.42. The Bertz CT molecular complexity index is 300. The van der Waals surface area contributed by atoms with Crippen molar-refractivity contribution >= 4 is 11.7 Å². The summed E-state index contributed by atoms with van der Waals surface area (Å²) in [5.74, 6) is -0.0210. The first-order valence-corrected chi connectivity index (χ1v) is 4.27. The number of anilines is 1. The molecule has 1 aromatic rings. The average molecular weight is 195 g/mol. The van der Waals surface area contributed by atoms with Crippen LogP contribution in [0.25, 0.3) is 0 Å². The topological polar surface area (TPSA) is 88.2 Å². The van der Waals surface area contributed by atoms with Crippen molar-refractivity contribution in [1.29, 1.82) is 0 Å². The highest BCUT2D eigenvalue weighted by Gasteiger charge is 2.18. The highest BCUT2D eigenvalue weighted by Crippen LogP contribution is 2.01. The zero-order valence-corrected chi connectivity index (χ0v) is 7.84. The number of pyridine rings is 1. The molecule has 1 amide bonds. The van der Waals surface area contributed by atoms with E-state index in [0.29, 0.717) is 5.82 Å². The lowest BCUT2D eigenvalue weighted by molar-refractivity contribution is -0.119. The summed E-state index contributed by atoms with van der Waals surface area (Å²) >= 11 is 0. The second-order valence-electron chi connectivity index (χ2n) is 2.97. The molecule has 0 fully saturated rings.